The van der Waals surface area contributed by atoms with Crippen molar-refractivity contribution in [2.24, 2.45) is 0 Å². The summed E-state index contributed by atoms with van der Waals surface area (Å²) < 4.78 is 19.1. The van der Waals surface area contributed by atoms with Crippen molar-refractivity contribution < 1.29 is 9.13 Å². The predicted octanol–water partition coefficient (Wildman–Crippen LogP) is 2.89. The Morgan fingerprint density at radius 1 is 1.38 bits per heavy atom. The molecule has 1 heterocycles. The summed E-state index contributed by atoms with van der Waals surface area (Å²) in [6, 6.07) is 6.20. The number of hydrogen-bond donors (Lipinski definition) is 1. The number of aromatic nitrogens is 2. The first-order valence-corrected chi connectivity index (χ1v) is 6.49. The van der Waals surface area contributed by atoms with Gasteiger partial charge in [0.05, 0.1) is 30.1 Å². The van der Waals surface area contributed by atoms with Gasteiger partial charge in [0.1, 0.15) is 11.6 Å². The maximum atomic E-state index is 13.6. The Morgan fingerprint density at radius 3 is 2.90 bits per heavy atom. The summed E-state index contributed by atoms with van der Waals surface area (Å²) in [4.78, 5) is 8.23. The van der Waals surface area contributed by atoms with Gasteiger partial charge in [-0.3, -0.25) is 4.98 Å². The third kappa shape index (κ3) is 4.14. The zero-order valence-corrected chi connectivity index (χ0v) is 11.8. The van der Waals surface area contributed by atoms with E-state index in [9.17, 15) is 4.39 Å². The Morgan fingerprint density at radius 2 is 2.19 bits per heavy atom. The summed E-state index contributed by atoms with van der Waals surface area (Å²) in [5.74, 6) is 0.514. The molecule has 0 aliphatic rings. The topological polar surface area (TPSA) is 70.8 Å². The van der Waals surface area contributed by atoms with Gasteiger partial charge in [-0.05, 0) is 32.0 Å². The van der Waals surface area contributed by atoms with E-state index in [1.807, 2.05) is 19.9 Å². The summed E-state index contributed by atoms with van der Waals surface area (Å²) in [5, 5.41) is 11.8. The number of benzene rings is 1. The number of nitrogens with one attached hydrogen (secondary N) is 1. The van der Waals surface area contributed by atoms with Crippen molar-refractivity contribution in [1.29, 1.82) is 5.26 Å². The Labute approximate surface area is 122 Å². The third-order valence-electron chi connectivity index (χ3n) is 2.60. The second-order valence-electron chi connectivity index (χ2n) is 4.68. The molecular formula is C15H15FN4O. The van der Waals surface area contributed by atoms with Crippen LogP contribution in [0.3, 0.4) is 0 Å². The molecule has 0 amide bonds. The number of halogens is 1. The van der Waals surface area contributed by atoms with E-state index in [1.165, 1.54) is 30.6 Å². The van der Waals surface area contributed by atoms with Crippen molar-refractivity contribution >= 4 is 5.82 Å². The van der Waals surface area contributed by atoms with Gasteiger partial charge in [-0.1, -0.05) is 0 Å². The summed E-state index contributed by atoms with van der Waals surface area (Å²) in [5.41, 5.74) is 0.808. The molecule has 1 aromatic carbocycles. The molecule has 0 aliphatic heterocycles. The van der Waals surface area contributed by atoms with Gasteiger partial charge in [0.25, 0.3) is 0 Å². The molecule has 0 aliphatic carbocycles. The summed E-state index contributed by atoms with van der Waals surface area (Å²) in [6.07, 6.45) is 3.04. The van der Waals surface area contributed by atoms with E-state index in [0.717, 1.165) is 0 Å². The van der Waals surface area contributed by atoms with E-state index in [4.69, 9.17) is 10.00 Å². The first-order valence-electron chi connectivity index (χ1n) is 6.49. The second-order valence-corrected chi connectivity index (χ2v) is 4.68. The Balaban J connectivity index is 2.08. The second kappa shape index (κ2) is 6.66. The first-order chi connectivity index (χ1) is 10.1. The molecule has 0 atom stereocenters. The Bertz CT molecular complexity index is 667. The van der Waals surface area contributed by atoms with Crippen molar-refractivity contribution in [3.8, 4) is 11.9 Å². The average Bonchev–Trinajstić information content (AvgIpc) is 2.46. The molecule has 0 spiro atoms. The van der Waals surface area contributed by atoms with E-state index in [1.54, 1.807) is 0 Å². The van der Waals surface area contributed by atoms with Gasteiger partial charge in [-0.2, -0.15) is 10.2 Å². The SMILES string of the molecule is CC(C)Oc1cncc(NCc2cc(C#N)ccc2F)n1. The van der Waals surface area contributed by atoms with E-state index >= 15 is 0 Å². The van der Waals surface area contributed by atoms with Gasteiger partial charge in [0.2, 0.25) is 5.88 Å². The highest BCUT2D eigenvalue weighted by Crippen LogP contribution is 2.14. The number of hydrogen-bond acceptors (Lipinski definition) is 5. The van der Waals surface area contributed by atoms with Gasteiger partial charge >= 0.3 is 0 Å². The van der Waals surface area contributed by atoms with Crippen LogP contribution in [0, 0.1) is 17.1 Å². The highest BCUT2D eigenvalue weighted by Gasteiger charge is 2.06. The molecule has 0 radical (unpaired) electrons. The number of anilines is 1. The zero-order valence-electron chi connectivity index (χ0n) is 11.8. The Kier molecular flexibility index (Phi) is 4.67. The average molecular weight is 286 g/mol. The van der Waals surface area contributed by atoms with Crippen molar-refractivity contribution in [1.82, 2.24) is 9.97 Å². The highest BCUT2D eigenvalue weighted by molar-refractivity contribution is 5.38. The van der Waals surface area contributed by atoms with Crippen LogP contribution in [0.5, 0.6) is 5.88 Å². The first kappa shape index (κ1) is 14.7. The van der Waals surface area contributed by atoms with Crippen molar-refractivity contribution in [2.45, 2.75) is 26.5 Å². The predicted molar refractivity (Wildman–Crippen MR) is 76.2 cm³/mol. The minimum Gasteiger partial charge on any atom is -0.474 e. The molecular weight excluding hydrogens is 271 g/mol. The van der Waals surface area contributed by atoms with Crippen LogP contribution in [-0.4, -0.2) is 16.1 Å². The summed E-state index contributed by atoms with van der Waals surface area (Å²) >= 11 is 0. The van der Waals surface area contributed by atoms with Gasteiger partial charge in [0.15, 0.2) is 0 Å². The van der Waals surface area contributed by atoms with Gasteiger partial charge < -0.3 is 10.1 Å². The molecule has 0 saturated heterocycles. The number of ether oxygens (including phenoxy) is 1. The monoisotopic (exact) mass is 286 g/mol. The lowest BCUT2D eigenvalue weighted by Gasteiger charge is -2.10. The van der Waals surface area contributed by atoms with Crippen LogP contribution in [0.15, 0.2) is 30.6 Å². The fourth-order valence-electron chi connectivity index (χ4n) is 1.70. The van der Waals surface area contributed by atoms with E-state index in [2.05, 4.69) is 15.3 Å². The van der Waals surface area contributed by atoms with Crippen LogP contribution in [0.25, 0.3) is 0 Å². The lowest BCUT2D eigenvalue weighted by Crippen LogP contribution is -2.09. The van der Waals surface area contributed by atoms with Crippen molar-refractivity contribution in [3.05, 3.63) is 47.5 Å². The van der Waals surface area contributed by atoms with Gasteiger partial charge in [0, 0.05) is 12.1 Å². The Hall–Kier alpha value is -2.68. The molecule has 6 heteroatoms. The highest BCUT2D eigenvalue weighted by atomic mass is 19.1. The molecule has 0 fully saturated rings. The standard InChI is InChI=1S/C15H15FN4O/c1-10(2)21-15-9-18-8-14(20-15)19-7-12-5-11(6-17)3-4-13(12)16/h3-5,8-10H,7H2,1-2H3,(H,19,20). The zero-order chi connectivity index (χ0) is 15.2. The maximum absolute atomic E-state index is 13.6. The van der Waals surface area contributed by atoms with E-state index in [0.29, 0.717) is 22.8 Å². The van der Waals surface area contributed by atoms with Crippen LogP contribution in [0.1, 0.15) is 25.0 Å². The van der Waals surface area contributed by atoms with Gasteiger partial charge in [-0.15, -0.1) is 0 Å². The summed E-state index contributed by atoms with van der Waals surface area (Å²) in [7, 11) is 0. The largest absolute Gasteiger partial charge is 0.474 e. The molecule has 21 heavy (non-hydrogen) atoms. The van der Waals surface area contributed by atoms with Crippen LogP contribution >= 0.6 is 0 Å². The van der Waals surface area contributed by atoms with Crippen molar-refractivity contribution in [3.63, 3.8) is 0 Å². The molecule has 0 bridgehead atoms. The number of nitriles is 1. The molecule has 0 unspecified atom stereocenters. The van der Waals surface area contributed by atoms with Gasteiger partial charge in [-0.25, -0.2) is 4.39 Å². The molecule has 2 aromatic rings. The van der Waals surface area contributed by atoms with Crippen LogP contribution < -0.4 is 10.1 Å². The number of nitrogens with zero attached hydrogens (tertiary/aromatic N) is 3. The lowest BCUT2D eigenvalue weighted by atomic mass is 10.1. The van der Waals surface area contributed by atoms with Crippen molar-refractivity contribution in [2.75, 3.05) is 5.32 Å². The minimum absolute atomic E-state index is 0.000644. The van der Waals surface area contributed by atoms with E-state index in [-0.39, 0.29) is 18.5 Å². The summed E-state index contributed by atoms with van der Waals surface area (Å²) in [6.45, 7) is 4.00. The fraction of sp³-hybridized carbons (Fsp3) is 0.267. The molecule has 1 N–H and O–H groups in total. The van der Waals surface area contributed by atoms with Crippen LogP contribution in [0.2, 0.25) is 0 Å². The van der Waals surface area contributed by atoms with Crippen LogP contribution in [0.4, 0.5) is 10.2 Å². The third-order valence-corrected chi connectivity index (χ3v) is 2.60. The smallest absolute Gasteiger partial charge is 0.234 e. The van der Waals surface area contributed by atoms with Crippen LogP contribution in [-0.2, 0) is 6.54 Å². The maximum Gasteiger partial charge on any atom is 0.234 e. The minimum atomic E-state index is -0.371. The number of rotatable bonds is 5. The molecule has 5 nitrogen and oxygen atoms in total. The molecule has 0 saturated carbocycles. The molecule has 108 valence electrons. The van der Waals surface area contributed by atoms with E-state index < -0.39 is 0 Å². The lowest BCUT2D eigenvalue weighted by molar-refractivity contribution is 0.232. The molecule has 1 aromatic heterocycles. The fourth-order valence-corrected chi connectivity index (χ4v) is 1.70. The molecule has 2 rings (SSSR count). The normalized spacial score (nSPS) is 10.2. The quantitative estimate of drug-likeness (QED) is 0.915.